The standard InChI is InChI=1S/C24H26FN5O2/c1-26-24(30-13-11-29(12-14-30)21-6-2-3-7-22(21)31)28-16-18-8-9-23(20(25)15-18)32-19-5-4-10-27-17-19/h2-10,15,17,31H,11-14,16H2,1H3,(H,26,28). The number of hydrogen-bond donors (Lipinski definition) is 2. The minimum Gasteiger partial charge on any atom is -0.506 e. The number of aromatic nitrogens is 1. The zero-order chi connectivity index (χ0) is 22.3. The average molecular weight is 436 g/mol. The number of nitrogens with one attached hydrogen (secondary N) is 1. The predicted molar refractivity (Wildman–Crippen MR) is 123 cm³/mol. The van der Waals surface area contributed by atoms with E-state index in [2.05, 4.69) is 25.1 Å². The Kier molecular flexibility index (Phi) is 6.69. The second-order valence-electron chi connectivity index (χ2n) is 7.42. The Labute approximate surface area is 186 Å². The van der Waals surface area contributed by atoms with Gasteiger partial charge in [0.15, 0.2) is 17.5 Å². The molecule has 8 heteroatoms. The quantitative estimate of drug-likeness (QED) is 0.471. The van der Waals surface area contributed by atoms with Crippen LogP contribution in [0.5, 0.6) is 17.2 Å². The van der Waals surface area contributed by atoms with E-state index in [1.54, 1.807) is 37.5 Å². The first kappa shape index (κ1) is 21.4. The van der Waals surface area contributed by atoms with Crippen LogP contribution in [0.1, 0.15) is 5.56 Å². The number of para-hydroxylation sites is 2. The van der Waals surface area contributed by atoms with Crippen LogP contribution in [0, 0.1) is 5.82 Å². The molecule has 0 unspecified atom stereocenters. The lowest BCUT2D eigenvalue weighted by Gasteiger charge is -2.37. The number of guanidine groups is 1. The van der Waals surface area contributed by atoms with Crippen molar-refractivity contribution in [1.82, 2.24) is 15.2 Å². The van der Waals surface area contributed by atoms with Crippen molar-refractivity contribution in [3.63, 3.8) is 0 Å². The molecule has 0 radical (unpaired) electrons. The van der Waals surface area contributed by atoms with Gasteiger partial charge in [0.05, 0.1) is 11.9 Å². The van der Waals surface area contributed by atoms with Crippen molar-refractivity contribution in [3.05, 3.63) is 78.4 Å². The van der Waals surface area contributed by atoms with Crippen LogP contribution < -0.4 is 15.0 Å². The normalized spacial score (nSPS) is 14.4. The molecule has 0 spiro atoms. The SMILES string of the molecule is CN=C(NCc1ccc(Oc2cccnc2)c(F)c1)N1CCN(c2ccccc2O)CC1. The molecule has 3 aromatic rings. The summed E-state index contributed by atoms with van der Waals surface area (Å²) >= 11 is 0. The lowest BCUT2D eigenvalue weighted by Crippen LogP contribution is -2.52. The number of ether oxygens (including phenoxy) is 1. The fourth-order valence-corrected chi connectivity index (χ4v) is 3.68. The average Bonchev–Trinajstić information content (AvgIpc) is 2.83. The monoisotopic (exact) mass is 435 g/mol. The molecule has 0 aliphatic carbocycles. The highest BCUT2D eigenvalue weighted by atomic mass is 19.1. The molecule has 2 heterocycles. The fourth-order valence-electron chi connectivity index (χ4n) is 3.68. The maximum absolute atomic E-state index is 14.5. The Balaban J connectivity index is 1.32. The lowest BCUT2D eigenvalue weighted by molar-refractivity contribution is 0.369. The van der Waals surface area contributed by atoms with E-state index < -0.39 is 5.82 Å². The molecule has 7 nitrogen and oxygen atoms in total. The van der Waals surface area contributed by atoms with Crippen LogP contribution in [-0.4, -0.2) is 54.2 Å². The van der Waals surface area contributed by atoms with Gasteiger partial charge in [-0.1, -0.05) is 18.2 Å². The maximum atomic E-state index is 14.5. The van der Waals surface area contributed by atoms with E-state index >= 15 is 0 Å². The highest BCUT2D eigenvalue weighted by molar-refractivity contribution is 5.80. The molecule has 32 heavy (non-hydrogen) atoms. The smallest absolute Gasteiger partial charge is 0.194 e. The van der Waals surface area contributed by atoms with Gasteiger partial charge in [-0.3, -0.25) is 9.98 Å². The number of rotatable bonds is 5. The van der Waals surface area contributed by atoms with Crippen LogP contribution in [0.2, 0.25) is 0 Å². The summed E-state index contributed by atoms with van der Waals surface area (Å²) in [6.07, 6.45) is 3.17. The van der Waals surface area contributed by atoms with Crippen molar-refractivity contribution in [2.75, 3.05) is 38.1 Å². The van der Waals surface area contributed by atoms with E-state index in [0.717, 1.165) is 43.4 Å². The molecule has 0 bridgehead atoms. The van der Waals surface area contributed by atoms with Gasteiger partial charge in [-0.2, -0.15) is 0 Å². The van der Waals surface area contributed by atoms with Gasteiger partial charge in [0, 0.05) is 46.0 Å². The molecule has 0 atom stereocenters. The molecule has 1 fully saturated rings. The zero-order valence-corrected chi connectivity index (χ0v) is 17.9. The minimum atomic E-state index is -0.431. The first-order chi connectivity index (χ1) is 15.6. The topological polar surface area (TPSA) is 73.2 Å². The third-order valence-corrected chi connectivity index (χ3v) is 5.32. The zero-order valence-electron chi connectivity index (χ0n) is 17.9. The third-order valence-electron chi connectivity index (χ3n) is 5.32. The first-order valence-corrected chi connectivity index (χ1v) is 10.5. The highest BCUT2D eigenvalue weighted by Gasteiger charge is 2.21. The number of benzene rings is 2. The van der Waals surface area contributed by atoms with Gasteiger partial charge in [0.25, 0.3) is 0 Å². The van der Waals surface area contributed by atoms with Crippen LogP contribution >= 0.6 is 0 Å². The summed E-state index contributed by atoms with van der Waals surface area (Å²) in [7, 11) is 1.74. The van der Waals surface area contributed by atoms with Gasteiger partial charge < -0.3 is 25.0 Å². The van der Waals surface area contributed by atoms with E-state index in [1.165, 1.54) is 12.3 Å². The van der Waals surface area contributed by atoms with Crippen molar-refractivity contribution in [3.8, 4) is 17.2 Å². The van der Waals surface area contributed by atoms with Gasteiger partial charge in [0.1, 0.15) is 11.5 Å². The molecule has 2 N–H and O–H groups in total. The Morgan fingerprint density at radius 3 is 2.62 bits per heavy atom. The molecule has 1 aliphatic heterocycles. The number of aromatic hydroxyl groups is 1. The molecular formula is C24H26FN5O2. The van der Waals surface area contributed by atoms with Crippen molar-refractivity contribution in [2.45, 2.75) is 6.54 Å². The number of phenols is 1. The molecule has 1 aromatic heterocycles. The van der Waals surface area contributed by atoms with E-state index in [9.17, 15) is 9.50 Å². The van der Waals surface area contributed by atoms with Crippen LogP contribution in [0.3, 0.4) is 0 Å². The Hall–Kier alpha value is -3.81. The molecule has 166 valence electrons. The minimum absolute atomic E-state index is 0.159. The molecule has 4 rings (SSSR count). The number of anilines is 1. The number of pyridine rings is 1. The molecule has 0 amide bonds. The van der Waals surface area contributed by atoms with E-state index in [1.807, 2.05) is 24.3 Å². The number of piperazine rings is 1. The molecular weight excluding hydrogens is 409 g/mol. The Morgan fingerprint density at radius 1 is 1.12 bits per heavy atom. The Bertz CT molecular complexity index is 1070. The van der Waals surface area contributed by atoms with Crippen LogP contribution in [-0.2, 0) is 6.54 Å². The van der Waals surface area contributed by atoms with Gasteiger partial charge in [-0.05, 0) is 42.0 Å². The van der Waals surface area contributed by atoms with Gasteiger partial charge in [0.2, 0.25) is 0 Å². The van der Waals surface area contributed by atoms with Crippen molar-refractivity contribution >= 4 is 11.6 Å². The van der Waals surface area contributed by atoms with Crippen LogP contribution in [0.25, 0.3) is 0 Å². The Morgan fingerprint density at radius 2 is 1.94 bits per heavy atom. The number of phenolic OH excluding ortho intramolecular Hbond substituents is 1. The summed E-state index contributed by atoms with van der Waals surface area (Å²) in [4.78, 5) is 12.7. The molecule has 2 aromatic carbocycles. The largest absolute Gasteiger partial charge is 0.506 e. The second-order valence-corrected chi connectivity index (χ2v) is 7.42. The van der Waals surface area contributed by atoms with E-state index in [0.29, 0.717) is 18.0 Å². The highest BCUT2D eigenvalue weighted by Crippen LogP contribution is 2.27. The molecule has 0 saturated carbocycles. The summed E-state index contributed by atoms with van der Waals surface area (Å²) < 4.78 is 20.0. The second kappa shape index (κ2) is 10.00. The fraction of sp³-hybridized carbons (Fsp3) is 0.250. The van der Waals surface area contributed by atoms with Crippen LogP contribution in [0.15, 0.2) is 72.0 Å². The molecule has 1 saturated heterocycles. The summed E-state index contributed by atoms with van der Waals surface area (Å²) in [5.74, 6) is 1.27. The maximum Gasteiger partial charge on any atom is 0.194 e. The number of nitrogens with zero attached hydrogens (tertiary/aromatic N) is 4. The first-order valence-electron chi connectivity index (χ1n) is 10.5. The van der Waals surface area contributed by atoms with Gasteiger partial charge in [-0.15, -0.1) is 0 Å². The lowest BCUT2D eigenvalue weighted by atomic mass is 10.2. The van der Waals surface area contributed by atoms with E-state index in [4.69, 9.17) is 4.74 Å². The van der Waals surface area contributed by atoms with E-state index in [-0.39, 0.29) is 5.75 Å². The number of aliphatic imine (C=N–C) groups is 1. The number of halogens is 1. The van der Waals surface area contributed by atoms with Crippen molar-refractivity contribution in [2.24, 2.45) is 4.99 Å². The van der Waals surface area contributed by atoms with Gasteiger partial charge in [-0.25, -0.2) is 4.39 Å². The van der Waals surface area contributed by atoms with Crippen LogP contribution in [0.4, 0.5) is 10.1 Å². The molecule has 1 aliphatic rings. The summed E-state index contributed by atoms with van der Waals surface area (Å²) in [6, 6.07) is 15.7. The summed E-state index contributed by atoms with van der Waals surface area (Å²) in [5.41, 5.74) is 1.63. The summed E-state index contributed by atoms with van der Waals surface area (Å²) in [6.45, 7) is 3.51. The van der Waals surface area contributed by atoms with Crippen molar-refractivity contribution in [1.29, 1.82) is 0 Å². The predicted octanol–water partition coefficient (Wildman–Crippen LogP) is 3.62. The third kappa shape index (κ3) is 5.08. The van der Waals surface area contributed by atoms with Gasteiger partial charge >= 0.3 is 0 Å². The summed E-state index contributed by atoms with van der Waals surface area (Å²) in [5, 5.41) is 13.4. The van der Waals surface area contributed by atoms with Crippen molar-refractivity contribution < 1.29 is 14.2 Å². The number of hydrogen-bond acceptors (Lipinski definition) is 5.